The topological polar surface area (TPSA) is 71.1 Å². The molecule has 1 heterocycles. The molecule has 2 amide bonds. The zero-order valence-corrected chi connectivity index (χ0v) is 14.1. The minimum absolute atomic E-state index is 0.136. The number of rotatable bonds is 5. The first-order valence-corrected chi connectivity index (χ1v) is 8.60. The van der Waals surface area contributed by atoms with Crippen LogP contribution < -0.4 is 10.6 Å². The van der Waals surface area contributed by atoms with Gasteiger partial charge in [-0.1, -0.05) is 39.5 Å². The van der Waals surface area contributed by atoms with Crippen LogP contribution in [0.2, 0.25) is 0 Å². The summed E-state index contributed by atoms with van der Waals surface area (Å²) < 4.78 is 0. The summed E-state index contributed by atoms with van der Waals surface area (Å²) in [6.45, 7) is 4.68. The fourth-order valence-corrected chi connectivity index (χ4v) is 2.78. The fraction of sp³-hybridized carbons (Fsp3) is 0.611. The van der Waals surface area contributed by atoms with Crippen LogP contribution in [0.3, 0.4) is 0 Å². The lowest BCUT2D eigenvalue weighted by Crippen LogP contribution is -2.34. The number of nitrogens with zero attached hydrogens (tertiary/aromatic N) is 1. The Morgan fingerprint density at radius 2 is 1.70 bits per heavy atom. The van der Waals surface area contributed by atoms with Gasteiger partial charge in [-0.15, -0.1) is 0 Å². The average molecular weight is 317 g/mol. The van der Waals surface area contributed by atoms with Crippen molar-refractivity contribution in [2.75, 3.05) is 6.54 Å². The van der Waals surface area contributed by atoms with E-state index in [0.29, 0.717) is 23.6 Å². The zero-order chi connectivity index (χ0) is 16.7. The maximum atomic E-state index is 12.4. The van der Waals surface area contributed by atoms with E-state index in [1.54, 1.807) is 6.07 Å². The van der Waals surface area contributed by atoms with Crippen LogP contribution in [0.4, 0.5) is 0 Å². The summed E-state index contributed by atoms with van der Waals surface area (Å²) in [4.78, 5) is 28.5. The van der Waals surface area contributed by atoms with Gasteiger partial charge in [0.1, 0.15) is 0 Å². The van der Waals surface area contributed by atoms with Gasteiger partial charge in [0.15, 0.2) is 0 Å². The Kier molecular flexibility index (Phi) is 6.56. The van der Waals surface area contributed by atoms with Crippen LogP contribution in [0.15, 0.2) is 18.5 Å². The Morgan fingerprint density at radius 3 is 2.30 bits per heavy atom. The molecule has 0 unspecified atom stereocenters. The lowest BCUT2D eigenvalue weighted by molar-refractivity contribution is 0.0933. The summed E-state index contributed by atoms with van der Waals surface area (Å²) in [5.41, 5.74) is 0.880. The zero-order valence-electron chi connectivity index (χ0n) is 14.1. The molecule has 126 valence electrons. The molecule has 2 N–H and O–H groups in total. The predicted molar refractivity (Wildman–Crippen MR) is 90.4 cm³/mol. The Labute approximate surface area is 138 Å². The third kappa shape index (κ3) is 5.66. The van der Waals surface area contributed by atoms with E-state index >= 15 is 0 Å². The minimum atomic E-state index is -0.185. The van der Waals surface area contributed by atoms with Crippen LogP contribution in [0.1, 0.15) is 73.1 Å². The average Bonchev–Trinajstić information content (AvgIpc) is 2.81. The van der Waals surface area contributed by atoms with Gasteiger partial charge in [0.25, 0.3) is 11.8 Å². The third-order valence-electron chi connectivity index (χ3n) is 4.12. The van der Waals surface area contributed by atoms with Gasteiger partial charge in [-0.3, -0.25) is 14.6 Å². The van der Waals surface area contributed by atoms with E-state index < -0.39 is 0 Å². The molecular weight excluding hydrogens is 290 g/mol. The summed E-state index contributed by atoms with van der Waals surface area (Å²) in [5.74, 6) is 0.0619. The first-order valence-electron chi connectivity index (χ1n) is 8.60. The molecule has 0 bridgehead atoms. The molecule has 1 aliphatic carbocycles. The highest BCUT2D eigenvalue weighted by Crippen LogP contribution is 2.17. The molecular formula is C18H27N3O2. The van der Waals surface area contributed by atoms with Gasteiger partial charge in [0.05, 0.1) is 11.1 Å². The smallest absolute Gasteiger partial charge is 0.253 e. The molecule has 23 heavy (non-hydrogen) atoms. The second kappa shape index (κ2) is 8.65. The van der Waals surface area contributed by atoms with Gasteiger partial charge in [-0.2, -0.15) is 0 Å². The van der Waals surface area contributed by atoms with Crippen molar-refractivity contribution in [1.29, 1.82) is 0 Å². The second-order valence-electron chi connectivity index (χ2n) is 6.73. The number of carbonyl (C=O) groups excluding carboxylic acids is 2. The summed E-state index contributed by atoms with van der Waals surface area (Å²) in [6, 6.07) is 1.86. The van der Waals surface area contributed by atoms with Crippen molar-refractivity contribution in [2.45, 2.75) is 58.4 Å². The van der Waals surface area contributed by atoms with Crippen molar-refractivity contribution in [3.05, 3.63) is 29.6 Å². The largest absolute Gasteiger partial charge is 0.352 e. The molecule has 0 aromatic carbocycles. The van der Waals surface area contributed by atoms with Gasteiger partial charge in [0.2, 0.25) is 0 Å². The number of carbonyl (C=O) groups is 2. The molecule has 0 aliphatic heterocycles. The first-order chi connectivity index (χ1) is 11.1. The standard InChI is InChI=1S/C18H27N3O2/c1-13(2)10-20-17(22)14-9-15(12-19-11-14)18(23)21-16-7-5-3-4-6-8-16/h9,11-13,16H,3-8,10H2,1-2H3,(H,20,22)(H,21,23). The van der Waals surface area contributed by atoms with Crippen LogP contribution in [0.25, 0.3) is 0 Å². The first kappa shape index (κ1) is 17.4. The SMILES string of the molecule is CC(C)CNC(=O)c1cncc(C(=O)NC2CCCCCC2)c1. The summed E-state index contributed by atoms with van der Waals surface area (Å²) in [6.07, 6.45) is 9.92. The van der Waals surface area contributed by atoms with E-state index in [-0.39, 0.29) is 17.9 Å². The molecule has 1 fully saturated rings. The summed E-state index contributed by atoms with van der Waals surface area (Å²) in [7, 11) is 0. The number of hydrogen-bond donors (Lipinski definition) is 2. The molecule has 0 spiro atoms. The maximum absolute atomic E-state index is 12.4. The Balaban J connectivity index is 1.97. The van der Waals surface area contributed by atoms with Gasteiger partial charge in [0, 0.05) is 25.0 Å². The lowest BCUT2D eigenvalue weighted by atomic mass is 10.1. The van der Waals surface area contributed by atoms with Crippen molar-refractivity contribution in [1.82, 2.24) is 15.6 Å². The Bertz CT molecular complexity index is 535. The highest BCUT2D eigenvalue weighted by atomic mass is 16.2. The molecule has 0 radical (unpaired) electrons. The highest BCUT2D eigenvalue weighted by Gasteiger charge is 2.17. The van der Waals surface area contributed by atoms with E-state index in [1.807, 2.05) is 13.8 Å². The summed E-state index contributed by atoms with van der Waals surface area (Å²) in [5, 5.41) is 5.92. The molecule has 5 heteroatoms. The van der Waals surface area contributed by atoms with Crippen molar-refractivity contribution < 1.29 is 9.59 Å². The van der Waals surface area contributed by atoms with Crippen LogP contribution in [0, 0.1) is 5.92 Å². The molecule has 1 aromatic rings. The van der Waals surface area contributed by atoms with Crippen molar-refractivity contribution >= 4 is 11.8 Å². The molecule has 0 saturated heterocycles. The number of aromatic nitrogens is 1. The lowest BCUT2D eigenvalue weighted by Gasteiger charge is -2.16. The van der Waals surface area contributed by atoms with Crippen LogP contribution in [-0.4, -0.2) is 29.4 Å². The fourth-order valence-electron chi connectivity index (χ4n) is 2.78. The van der Waals surface area contributed by atoms with Gasteiger partial charge in [-0.25, -0.2) is 0 Å². The molecule has 0 atom stereocenters. The van der Waals surface area contributed by atoms with E-state index in [0.717, 1.165) is 12.8 Å². The second-order valence-corrected chi connectivity index (χ2v) is 6.73. The van der Waals surface area contributed by atoms with E-state index in [9.17, 15) is 9.59 Å². The van der Waals surface area contributed by atoms with Crippen LogP contribution in [-0.2, 0) is 0 Å². The van der Waals surface area contributed by atoms with E-state index in [2.05, 4.69) is 15.6 Å². The molecule has 1 aromatic heterocycles. The van der Waals surface area contributed by atoms with Crippen molar-refractivity contribution in [3.63, 3.8) is 0 Å². The molecule has 5 nitrogen and oxygen atoms in total. The van der Waals surface area contributed by atoms with Gasteiger partial charge < -0.3 is 10.6 Å². The predicted octanol–water partition coefficient (Wildman–Crippen LogP) is 2.92. The van der Waals surface area contributed by atoms with Crippen molar-refractivity contribution in [2.24, 2.45) is 5.92 Å². The number of amides is 2. The number of nitrogens with one attached hydrogen (secondary N) is 2. The summed E-state index contributed by atoms with van der Waals surface area (Å²) >= 11 is 0. The normalized spacial score (nSPS) is 16.0. The molecule has 1 aliphatic rings. The third-order valence-corrected chi connectivity index (χ3v) is 4.12. The van der Waals surface area contributed by atoms with E-state index in [1.165, 1.54) is 38.1 Å². The van der Waals surface area contributed by atoms with Gasteiger partial charge in [-0.05, 0) is 24.8 Å². The van der Waals surface area contributed by atoms with Crippen LogP contribution in [0.5, 0.6) is 0 Å². The van der Waals surface area contributed by atoms with E-state index in [4.69, 9.17) is 0 Å². The monoisotopic (exact) mass is 317 g/mol. The number of hydrogen-bond acceptors (Lipinski definition) is 3. The minimum Gasteiger partial charge on any atom is -0.352 e. The van der Waals surface area contributed by atoms with Gasteiger partial charge >= 0.3 is 0 Å². The maximum Gasteiger partial charge on any atom is 0.253 e. The Hall–Kier alpha value is -1.91. The molecule has 1 saturated carbocycles. The Morgan fingerprint density at radius 1 is 1.09 bits per heavy atom. The molecule has 2 rings (SSSR count). The highest BCUT2D eigenvalue weighted by molar-refractivity contribution is 5.99. The van der Waals surface area contributed by atoms with Crippen molar-refractivity contribution in [3.8, 4) is 0 Å². The van der Waals surface area contributed by atoms with Crippen LogP contribution >= 0.6 is 0 Å². The number of pyridine rings is 1. The quantitative estimate of drug-likeness (QED) is 0.820.